The molecule has 0 fully saturated rings. The quantitative estimate of drug-likeness (QED) is 0.634. The van der Waals surface area contributed by atoms with Gasteiger partial charge in [-0.1, -0.05) is 39.7 Å². The van der Waals surface area contributed by atoms with E-state index in [1.807, 2.05) is 0 Å². The van der Waals surface area contributed by atoms with Gasteiger partial charge in [-0.3, -0.25) is 0 Å². The zero-order chi connectivity index (χ0) is 17.7. The van der Waals surface area contributed by atoms with Gasteiger partial charge in [-0.25, -0.2) is 0 Å². The third kappa shape index (κ3) is 2.73. The summed E-state index contributed by atoms with van der Waals surface area (Å²) >= 11 is 3.64. The first-order valence-electron chi connectivity index (χ1n) is 9.91. The highest BCUT2D eigenvalue weighted by atomic mass is 79.9. The number of nitrogens with zero attached hydrogens (tertiary/aromatic N) is 1. The maximum Gasteiger partial charge on any atom is 0.129 e. The Balaban J connectivity index is 1.60. The summed E-state index contributed by atoms with van der Waals surface area (Å²) in [5, 5.41) is 1.52. The van der Waals surface area contributed by atoms with Crippen LogP contribution in [0.5, 0.6) is 0 Å². The van der Waals surface area contributed by atoms with E-state index in [9.17, 15) is 0 Å². The van der Waals surface area contributed by atoms with Crippen molar-refractivity contribution in [2.24, 2.45) is 0 Å². The number of halogens is 1. The van der Waals surface area contributed by atoms with Crippen molar-refractivity contribution >= 4 is 26.8 Å². The molecule has 0 radical (unpaired) electrons. The molecule has 5 rings (SSSR count). The number of hydrogen-bond donors (Lipinski definition) is 1. The van der Waals surface area contributed by atoms with E-state index in [1.54, 1.807) is 16.2 Å². The topological polar surface area (TPSA) is 9.37 Å². The van der Waals surface area contributed by atoms with Crippen LogP contribution in [-0.2, 0) is 19.5 Å². The normalized spacial score (nSPS) is 22.2. The molecule has 2 nitrogen and oxygen atoms in total. The number of aryl methyl sites for hydroxylation is 3. The maximum absolute atomic E-state index is 3.64. The maximum atomic E-state index is 3.64. The first kappa shape index (κ1) is 16.6. The minimum atomic E-state index is 0.646. The lowest BCUT2D eigenvalue weighted by atomic mass is 9.90. The molecule has 0 spiro atoms. The standard InChI is InChI=1S/C23H25BrN2/c1-16-9-10-21-20(13-16)19-7-3-8-22-23(19)26(21)12-4-11-25(22)15-17-5-2-6-18(24)14-17/h2,5-6,9-10,13-14,22H,3-4,7-8,11-12,15H2,1H3/p+1/t22-/m1/s1. The number of benzene rings is 2. The molecule has 1 unspecified atom stereocenters. The number of quaternary nitrogens is 1. The number of fused-ring (bicyclic) bond motifs is 3. The van der Waals surface area contributed by atoms with Gasteiger partial charge >= 0.3 is 0 Å². The molecule has 3 aromatic rings. The van der Waals surface area contributed by atoms with Crippen LogP contribution in [0.3, 0.4) is 0 Å². The molecule has 2 heterocycles. The summed E-state index contributed by atoms with van der Waals surface area (Å²) in [5.74, 6) is 0. The van der Waals surface area contributed by atoms with Crippen molar-refractivity contribution in [3.05, 3.63) is 69.3 Å². The van der Waals surface area contributed by atoms with Crippen LogP contribution in [0, 0.1) is 6.92 Å². The lowest BCUT2D eigenvalue weighted by molar-refractivity contribution is -0.945. The van der Waals surface area contributed by atoms with Gasteiger partial charge < -0.3 is 9.47 Å². The molecule has 0 amide bonds. The third-order valence-electron chi connectivity index (χ3n) is 6.31. The van der Waals surface area contributed by atoms with Crippen molar-refractivity contribution < 1.29 is 4.90 Å². The van der Waals surface area contributed by atoms with E-state index in [0.29, 0.717) is 6.04 Å². The fraction of sp³-hybridized carbons (Fsp3) is 0.391. The Hall–Kier alpha value is -1.58. The van der Waals surface area contributed by atoms with E-state index in [2.05, 4.69) is 69.9 Å². The van der Waals surface area contributed by atoms with Gasteiger partial charge in [-0.05, 0) is 49.6 Å². The molecule has 2 aliphatic rings. The van der Waals surface area contributed by atoms with Gasteiger partial charge in [-0.2, -0.15) is 0 Å². The largest absolute Gasteiger partial charge is 0.339 e. The molecule has 0 saturated carbocycles. The highest BCUT2D eigenvalue weighted by Gasteiger charge is 2.36. The van der Waals surface area contributed by atoms with Crippen molar-refractivity contribution in [3.8, 4) is 0 Å². The van der Waals surface area contributed by atoms with E-state index in [-0.39, 0.29) is 0 Å². The number of rotatable bonds is 2. The second kappa shape index (κ2) is 6.54. The van der Waals surface area contributed by atoms with E-state index in [4.69, 9.17) is 0 Å². The minimum Gasteiger partial charge on any atom is -0.339 e. The molecule has 0 saturated heterocycles. The third-order valence-corrected chi connectivity index (χ3v) is 6.80. The molecule has 2 atom stereocenters. The van der Waals surface area contributed by atoms with Crippen LogP contribution >= 0.6 is 15.9 Å². The minimum absolute atomic E-state index is 0.646. The van der Waals surface area contributed by atoms with Gasteiger partial charge in [0.25, 0.3) is 0 Å². The summed E-state index contributed by atoms with van der Waals surface area (Å²) in [5.41, 5.74) is 7.60. The van der Waals surface area contributed by atoms with E-state index < -0.39 is 0 Å². The molecule has 134 valence electrons. The van der Waals surface area contributed by atoms with E-state index in [0.717, 1.165) is 6.54 Å². The Bertz CT molecular complexity index is 968. The second-order valence-electron chi connectivity index (χ2n) is 8.05. The Morgan fingerprint density at radius 1 is 1.15 bits per heavy atom. The summed E-state index contributed by atoms with van der Waals surface area (Å²) < 4.78 is 3.86. The van der Waals surface area contributed by atoms with Gasteiger partial charge in [0.2, 0.25) is 0 Å². The van der Waals surface area contributed by atoms with Gasteiger partial charge in [0.15, 0.2) is 0 Å². The smallest absolute Gasteiger partial charge is 0.129 e. The van der Waals surface area contributed by atoms with Crippen molar-refractivity contribution in [2.75, 3.05) is 6.54 Å². The lowest BCUT2D eigenvalue weighted by Crippen LogP contribution is -3.11. The van der Waals surface area contributed by atoms with Crippen LogP contribution in [-0.4, -0.2) is 11.1 Å². The second-order valence-corrected chi connectivity index (χ2v) is 8.97. The Kier molecular flexibility index (Phi) is 4.17. The summed E-state index contributed by atoms with van der Waals surface area (Å²) in [6.45, 7) is 5.79. The first-order valence-corrected chi connectivity index (χ1v) is 10.7. The predicted octanol–water partition coefficient (Wildman–Crippen LogP) is 4.58. The fourth-order valence-corrected chi connectivity index (χ4v) is 5.68. The molecule has 1 aromatic heterocycles. The van der Waals surface area contributed by atoms with Gasteiger partial charge in [0, 0.05) is 40.3 Å². The molecule has 1 aliphatic carbocycles. The fourth-order valence-electron chi connectivity index (χ4n) is 5.24. The average molecular weight is 410 g/mol. The molecule has 1 N–H and O–H groups in total. The van der Waals surface area contributed by atoms with Crippen LogP contribution in [0.25, 0.3) is 10.9 Å². The molecule has 1 aliphatic heterocycles. The van der Waals surface area contributed by atoms with Crippen molar-refractivity contribution in [2.45, 2.75) is 51.7 Å². The monoisotopic (exact) mass is 409 g/mol. The predicted molar refractivity (Wildman–Crippen MR) is 111 cm³/mol. The van der Waals surface area contributed by atoms with Crippen LogP contribution in [0.15, 0.2) is 46.9 Å². The highest BCUT2D eigenvalue weighted by molar-refractivity contribution is 9.10. The summed E-state index contributed by atoms with van der Waals surface area (Å²) in [7, 11) is 0. The zero-order valence-corrected chi connectivity index (χ0v) is 17.0. The van der Waals surface area contributed by atoms with E-state index >= 15 is 0 Å². The van der Waals surface area contributed by atoms with Crippen molar-refractivity contribution in [1.82, 2.24) is 4.57 Å². The van der Waals surface area contributed by atoms with Gasteiger partial charge in [-0.15, -0.1) is 0 Å². The zero-order valence-electron chi connectivity index (χ0n) is 15.4. The molecule has 2 aromatic carbocycles. The van der Waals surface area contributed by atoms with Gasteiger partial charge in [0.05, 0.1) is 12.2 Å². The molecular formula is C23H26BrN2+. The summed E-state index contributed by atoms with van der Waals surface area (Å²) in [4.78, 5) is 1.75. The Morgan fingerprint density at radius 2 is 2.08 bits per heavy atom. The first-order chi connectivity index (χ1) is 12.7. The number of hydrogen-bond acceptors (Lipinski definition) is 0. The average Bonchev–Trinajstić information content (AvgIpc) is 2.82. The van der Waals surface area contributed by atoms with Crippen molar-refractivity contribution in [1.29, 1.82) is 0 Å². The van der Waals surface area contributed by atoms with Crippen molar-refractivity contribution in [3.63, 3.8) is 0 Å². The Morgan fingerprint density at radius 3 is 2.96 bits per heavy atom. The molecule has 26 heavy (non-hydrogen) atoms. The number of nitrogens with one attached hydrogen (secondary N) is 1. The molecule has 3 heteroatoms. The van der Waals surface area contributed by atoms with Gasteiger partial charge in [0.1, 0.15) is 12.6 Å². The number of aromatic nitrogens is 1. The molecule has 0 bridgehead atoms. The Labute approximate surface area is 163 Å². The summed E-state index contributed by atoms with van der Waals surface area (Å²) in [6.07, 6.45) is 5.17. The van der Waals surface area contributed by atoms with Crippen LogP contribution in [0.4, 0.5) is 0 Å². The lowest BCUT2D eigenvalue weighted by Gasteiger charge is -2.31. The van der Waals surface area contributed by atoms with Crippen LogP contribution in [0.1, 0.15) is 47.7 Å². The van der Waals surface area contributed by atoms with E-state index in [1.165, 1.54) is 65.3 Å². The van der Waals surface area contributed by atoms with Crippen LogP contribution in [0.2, 0.25) is 0 Å². The molecular weight excluding hydrogens is 384 g/mol. The summed E-state index contributed by atoms with van der Waals surface area (Å²) in [6, 6.07) is 16.6. The SMILES string of the molecule is Cc1ccc2c(c1)c1c3n2CCC[NH+](Cc2cccc(Br)c2)[C@@H]3CCC1. The highest BCUT2D eigenvalue weighted by Crippen LogP contribution is 2.37. The van der Waals surface area contributed by atoms with Crippen LogP contribution < -0.4 is 4.90 Å².